The number of methoxy groups -OCH3 is 1. The highest BCUT2D eigenvalue weighted by atomic mass is 19.3. The Bertz CT molecular complexity index is 277. The highest BCUT2D eigenvalue weighted by molar-refractivity contribution is 5.82. The van der Waals surface area contributed by atoms with Crippen molar-refractivity contribution in [2.45, 2.75) is 31.4 Å². The number of amides is 1. The molecule has 1 aliphatic heterocycles. The Morgan fingerprint density at radius 2 is 2.28 bits per heavy atom. The topological polar surface area (TPSA) is 59.6 Å². The number of hydrogen-bond donors (Lipinski definition) is 2. The molecular weight excluding hydrogens is 246 g/mol. The molecule has 0 spiro atoms. The summed E-state index contributed by atoms with van der Waals surface area (Å²) < 4.78 is 35.8. The van der Waals surface area contributed by atoms with Gasteiger partial charge in [0.05, 0.1) is 32.4 Å². The van der Waals surface area contributed by atoms with E-state index >= 15 is 0 Å². The Kier molecular flexibility index (Phi) is 5.90. The van der Waals surface area contributed by atoms with Gasteiger partial charge >= 0.3 is 0 Å². The quantitative estimate of drug-likeness (QED) is 0.644. The maximum Gasteiger partial charge on any atom is 0.262 e. The van der Waals surface area contributed by atoms with Gasteiger partial charge in [0.25, 0.3) is 5.92 Å². The largest absolute Gasteiger partial charge is 0.382 e. The number of halogens is 2. The smallest absolute Gasteiger partial charge is 0.262 e. The van der Waals surface area contributed by atoms with Crippen LogP contribution in [-0.2, 0) is 14.3 Å². The molecule has 2 unspecified atom stereocenters. The standard InChI is InChI=1S/C11H20F2N2O3/c1-8(6-18-4-3-17-2)15-10(16)9-5-11(12,13)7-14-9/h8-9,14H,3-7H2,1-2H3,(H,15,16). The van der Waals surface area contributed by atoms with E-state index < -0.39 is 30.8 Å². The van der Waals surface area contributed by atoms with Crippen LogP contribution in [-0.4, -0.2) is 57.4 Å². The van der Waals surface area contributed by atoms with Crippen molar-refractivity contribution in [3.05, 3.63) is 0 Å². The minimum atomic E-state index is -2.79. The third-order valence-electron chi connectivity index (χ3n) is 2.61. The van der Waals surface area contributed by atoms with Crippen molar-refractivity contribution in [3.8, 4) is 0 Å². The van der Waals surface area contributed by atoms with Gasteiger partial charge in [0.2, 0.25) is 5.91 Å². The summed E-state index contributed by atoms with van der Waals surface area (Å²) in [7, 11) is 1.57. The molecule has 0 radical (unpaired) electrons. The summed E-state index contributed by atoms with van der Waals surface area (Å²) in [5.74, 6) is -3.20. The molecule has 18 heavy (non-hydrogen) atoms. The van der Waals surface area contributed by atoms with Gasteiger partial charge in [-0.3, -0.25) is 10.1 Å². The fraction of sp³-hybridized carbons (Fsp3) is 0.909. The average Bonchev–Trinajstić information content (AvgIpc) is 2.65. The second kappa shape index (κ2) is 6.96. The summed E-state index contributed by atoms with van der Waals surface area (Å²) >= 11 is 0. The number of hydrogen-bond acceptors (Lipinski definition) is 4. The van der Waals surface area contributed by atoms with E-state index in [0.29, 0.717) is 19.8 Å². The summed E-state index contributed by atoms with van der Waals surface area (Å²) in [6.45, 7) is 2.58. The third kappa shape index (κ3) is 5.24. The molecular formula is C11H20F2N2O3. The van der Waals surface area contributed by atoms with E-state index in [1.165, 1.54) is 0 Å². The van der Waals surface area contributed by atoms with E-state index in [4.69, 9.17) is 9.47 Å². The van der Waals surface area contributed by atoms with E-state index in [0.717, 1.165) is 0 Å². The van der Waals surface area contributed by atoms with Crippen molar-refractivity contribution in [1.82, 2.24) is 10.6 Å². The normalized spacial score (nSPS) is 23.9. The Balaban J connectivity index is 2.19. The zero-order chi connectivity index (χ0) is 13.6. The first kappa shape index (κ1) is 15.3. The second-order valence-electron chi connectivity index (χ2n) is 4.47. The Morgan fingerprint density at radius 1 is 1.56 bits per heavy atom. The van der Waals surface area contributed by atoms with Gasteiger partial charge in [-0.1, -0.05) is 0 Å². The first-order chi connectivity index (χ1) is 8.44. The fourth-order valence-corrected chi connectivity index (χ4v) is 1.69. The minimum Gasteiger partial charge on any atom is -0.382 e. The maximum atomic E-state index is 12.9. The minimum absolute atomic E-state index is 0.217. The van der Waals surface area contributed by atoms with Crippen LogP contribution in [0.1, 0.15) is 13.3 Å². The molecule has 0 aromatic rings. The summed E-state index contributed by atoms with van der Waals surface area (Å²) in [4.78, 5) is 11.6. The van der Waals surface area contributed by atoms with Crippen LogP contribution in [0.2, 0.25) is 0 Å². The first-order valence-corrected chi connectivity index (χ1v) is 5.93. The molecule has 5 nitrogen and oxygen atoms in total. The average molecular weight is 266 g/mol. The third-order valence-corrected chi connectivity index (χ3v) is 2.61. The van der Waals surface area contributed by atoms with Crippen LogP contribution in [0.3, 0.4) is 0 Å². The molecule has 2 N–H and O–H groups in total. The van der Waals surface area contributed by atoms with Crippen LogP contribution >= 0.6 is 0 Å². The molecule has 1 rings (SSSR count). The molecule has 0 saturated carbocycles. The van der Waals surface area contributed by atoms with Gasteiger partial charge in [-0.15, -0.1) is 0 Å². The highest BCUT2D eigenvalue weighted by Gasteiger charge is 2.42. The zero-order valence-electron chi connectivity index (χ0n) is 10.7. The Hall–Kier alpha value is -0.790. The van der Waals surface area contributed by atoms with Gasteiger partial charge in [0.15, 0.2) is 0 Å². The second-order valence-corrected chi connectivity index (χ2v) is 4.47. The van der Waals surface area contributed by atoms with Crippen molar-refractivity contribution in [1.29, 1.82) is 0 Å². The monoisotopic (exact) mass is 266 g/mol. The van der Waals surface area contributed by atoms with Gasteiger partial charge in [-0.2, -0.15) is 0 Å². The number of alkyl halides is 2. The SMILES string of the molecule is COCCOCC(C)NC(=O)C1CC(F)(F)CN1. The predicted octanol–water partition coefficient (Wildman–Crippen LogP) is 0.151. The van der Waals surface area contributed by atoms with Gasteiger partial charge in [0.1, 0.15) is 0 Å². The molecule has 2 atom stereocenters. The summed E-state index contributed by atoms with van der Waals surface area (Å²) in [6, 6.07) is -1.04. The molecule has 1 heterocycles. The molecule has 1 saturated heterocycles. The lowest BCUT2D eigenvalue weighted by Gasteiger charge is -2.17. The van der Waals surface area contributed by atoms with Crippen LogP contribution < -0.4 is 10.6 Å². The molecule has 1 aliphatic rings. The molecule has 0 aliphatic carbocycles. The Morgan fingerprint density at radius 3 is 2.83 bits per heavy atom. The maximum absolute atomic E-state index is 12.9. The van der Waals surface area contributed by atoms with Crippen LogP contribution in [0.5, 0.6) is 0 Å². The molecule has 1 fully saturated rings. The molecule has 0 bridgehead atoms. The summed E-state index contributed by atoms with van der Waals surface area (Å²) in [6.07, 6.45) is -0.448. The van der Waals surface area contributed by atoms with Gasteiger partial charge in [-0.25, -0.2) is 8.78 Å². The van der Waals surface area contributed by atoms with E-state index in [1.807, 2.05) is 0 Å². The first-order valence-electron chi connectivity index (χ1n) is 5.93. The lowest BCUT2D eigenvalue weighted by atomic mass is 10.1. The number of rotatable bonds is 7. The predicted molar refractivity (Wildman–Crippen MR) is 61.7 cm³/mol. The van der Waals surface area contributed by atoms with E-state index in [9.17, 15) is 13.6 Å². The van der Waals surface area contributed by atoms with Crippen LogP contribution in [0.15, 0.2) is 0 Å². The number of carbonyl (C=O) groups excluding carboxylic acids is 1. The molecule has 0 aromatic carbocycles. The molecule has 106 valence electrons. The van der Waals surface area contributed by atoms with E-state index in [2.05, 4.69) is 10.6 Å². The van der Waals surface area contributed by atoms with Gasteiger partial charge < -0.3 is 14.8 Å². The number of nitrogens with one attached hydrogen (secondary N) is 2. The van der Waals surface area contributed by atoms with Crippen LogP contribution in [0, 0.1) is 0 Å². The van der Waals surface area contributed by atoms with Crippen molar-refractivity contribution < 1.29 is 23.0 Å². The van der Waals surface area contributed by atoms with Crippen molar-refractivity contribution in [3.63, 3.8) is 0 Å². The van der Waals surface area contributed by atoms with E-state index in [-0.39, 0.29) is 6.04 Å². The number of carbonyl (C=O) groups is 1. The summed E-state index contributed by atoms with van der Waals surface area (Å²) in [5.41, 5.74) is 0. The molecule has 7 heteroatoms. The highest BCUT2D eigenvalue weighted by Crippen LogP contribution is 2.25. The lowest BCUT2D eigenvalue weighted by Crippen LogP contribution is -2.45. The van der Waals surface area contributed by atoms with Gasteiger partial charge in [0, 0.05) is 19.6 Å². The summed E-state index contributed by atoms with van der Waals surface area (Å²) in [5, 5.41) is 5.14. The van der Waals surface area contributed by atoms with E-state index in [1.54, 1.807) is 14.0 Å². The molecule has 0 aromatic heterocycles. The molecule has 1 amide bonds. The lowest BCUT2D eigenvalue weighted by molar-refractivity contribution is -0.124. The van der Waals surface area contributed by atoms with Crippen LogP contribution in [0.25, 0.3) is 0 Å². The van der Waals surface area contributed by atoms with Crippen molar-refractivity contribution >= 4 is 5.91 Å². The number of ether oxygens (including phenoxy) is 2. The Labute approximate surface area is 105 Å². The van der Waals surface area contributed by atoms with Crippen molar-refractivity contribution in [2.24, 2.45) is 0 Å². The zero-order valence-corrected chi connectivity index (χ0v) is 10.7. The van der Waals surface area contributed by atoms with Crippen LogP contribution in [0.4, 0.5) is 8.78 Å². The van der Waals surface area contributed by atoms with Gasteiger partial charge in [-0.05, 0) is 6.92 Å². The fourth-order valence-electron chi connectivity index (χ4n) is 1.69. The van der Waals surface area contributed by atoms with Crippen molar-refractivity contribution in [2.75, 3.05) is 33.5 Å².